The number of aryl methyl sites for hydroxylation is 1. The van der Waals surface area contributed by atoms with Gasteiger partial charge in [0.25, 0.3) is 10.0 Å². The Morgan fingerprint density at radius 3 is 2.72 bits per heavy atom. The number of aromatic nitrogens is 2. The number of amidine groups is 1. The Hall–Kier alpha value is -1.32. The smallest absolute Gasteiger partial charge is 0.262 e. The predicted octanol–water partition coefficient (Wildman–Crippen LogP) is -0.170. The number of halogens is 1. The average Bonchev–Trinajstić information content (AvgIpc) is 2.65. The van der Waals surface area contributed by atoms with Gasteiger partial charge in [-0.05, 0) is 0 Å². The SMILES string of the molecule is CCN(CC(N)=NO)S(=O)(=O)c1c(Cl)cnn1C. The number of nitrogens with zero attached hydrogens (tertiary/aromatic N) is 4. The molecule has 0 spiro atoms. The topological polar surface area (TPSA) is 114 Å². The molecular weight excluding hydrogens is 282 g/mol. The van der Waals surface area contributed by atoms with E-state index in [9.17, 15) is 8.42 Å². The van der Waals surface area contributed by atoms with Crippen molar-refractivity contribution >= 4 is 27.5 Å². The molecule has 1 heterocycles. The van der Waals surface area contributed by atoms with Gasteiger partial charge in [-0.2, -0.15) is 9.40 Å². The summed E-state index contributed by atoms with van der Waals surface area (Å²) in [7, 11) is -2.38. The Morgan fingerprint density at radius 2 is 2.33 bits per heavy atom. The Balaban J connectivity index is 3.20. The van der Waals surface area contributed by atoms with Gasteiger partial charge in [0.05, 0.1) is 17.8 Å². The Bertz CT molecular complexity index is 534. The van der Waals surface area contributed by atoms with E-state index < -0.39 is 10.0 Å². The van der Waals surface area contributed by atoms with Crippen LogP contribution in [0.5, 0.6) is 0 Å². The van der Waals surface area contributed by atoms with Crippen LogP contribution < -0.4 is 5.73 Å². The summed E-state index contributed by atoms with van der Waals surface area (Å²) < 4.78 is 26.8. The van der Waals surface area contributed by atoms with E-state index in [0.29, 0.717) is 0 Å². The zero-order valence-electron chi connectivity index (χ0n) is 9.91. The van der Waals surface area contributed by atoms with Crippen molar-refractivity contribution in [3.63, 3.8) is 0 Å². The van der Waals surface area contributed by atoms with Crippen LogP contribution in [0, 0.1) is 0 Å². The van der Waals surface area contributed by atoms with E-state index in [0.717, 1.165) is 8.99 Å². The molecule has 0 aromatic carbocycles. The summed E-state index contributed by atoms with van der Waals surface area (Å²) in [5, 5.41) is 14.9. The zero-order chi connectivity index (χ0) is 13.9. The molecule has 0 saturated heterocycles. The van der Waals surface area contributed by atoms with E-state index >= 15 is 0 Å². The van der Waals surface area contributed by atoms with Gasteiger partial charge >= 0.3 is 0 Å². The van der Waals surface area contributed by atoms with E-state index in [2.05, 4.69) is 10.3 Å². The largest absolute Gasteiger partial charge is 0.409 e. The summed E-state index contributed by atoms with van der Waals surface area (Å²) in [4.78, 5) is 0. The highest BCUT2D eigenvalue weighted by Gasteiger charge is 2.29. The van der Waals surface area contributed by atoms with Crippen molar-refractivity contribution in [3.8, 4) is 0 Å². The molecule has 0 saturated carbocycles. The molecule has 10 heteroatoms. The fraction of sp³-hybridized carbons (Fsp3) is 0.500. The van der Waals surface area contributed by atoms with E-state index in [4.69, 9.17) is 22.5 Å². The fourth-order valence-electron chi connectivity index (χ4n) is 1.39. The minimum atomic E-state index is -3.84. The molecule has 0 atom stereocenters. The summed E-state index contributed by atoms with van der Waals surface area (Å²) in [6.07, 6.45) is 1.24. The number of hydrogen-bond donors (Lipinski definition) is 2. The Morgan fingerprint density at radius 1 is 1.72 bits per heavy atom. The van der Waals surface area contributed by atoms with Gasteiger partial charge in [-0.15, -0.1) is 0 Å². The second-order valence-corrected chi connectivity index (χ2v) is 5.70. The molecule has 8 nitrogen and oxygen atoms in total. The normalized spacial score (nSPS) is 13.2. The molecular formula is C8H14ClN5O3S. The van der Waals surface area contributed by atoms with Crippen molar-refractivity contribution in [2.24, 2.45) is 17.9 Å². The third-order valence-electron chi connectivity index (χ3n) is 2.25. The molecule has 0 aliphatic heterocycles. The number of hydrogen-bond acceptors (Lipinski definition) is 5. The van der Waals surface area contributed by atoms with Gasteiger partial charge < -0.3 is 10.9 Å². The number of sulfonamides is 1. The molecule has 0 amide bonds. The van der Waals surface area contributed by atoms with Gasteiger partial charge in [0.15, 0.2) is 10.9 Å². The van der Waals surface area contributed by atoms with Crippen LogP contribution in [0.1, 0.15) is 6.92 Å². The quantitative estimate of drug-likeness (QED) is 0.339. The van der Waals surface area contributed by atoms with E-state index in [1.54, 1.807) is 6.92 Å². The van der Waals surface area contributed by atoms with Gasteiger partial charge in [-0.1, -0.05) is 23.7 Å². The molecule has 0 unspecified atom stereocenters. The van der Waals surface area contributed by atoms with Crippen molar-refractivity contribution < 1.29 is 13.6 Å². The number of likely N-dealkylation sites (N-methyl/N-ethyl adjacent to an activating group) is 1. The molecule has 3 N–H and O–H groups in total. The van der Waals surface area contributed by atoms with Crippen LogP contribution in [0.2, 0.25) is 5.02 Å². The van der Waals surface area contributed by atoms with Gasteiger partial charge in [0.2, 0.25) is 0 Å². The van der Waals surface area contributed by atoms with E-state index in [-0.39, 0.29) is 29.0 Å². The lowest BCUT2D eigenvalue weighted by Crippen LogP contribution is -2.39. The van der Waals surface area contributed by atoms with Gasteiger partial charge in [-0.3, -0.25) is 4.68 Å². The van der Waals surface area contributed by atoms with Crippen LogP contribution in [-0.4, -0.2) is 46.6 Å². The van der Waals surface area contributed by atoms with E-state index in [1.807, 2.05) is 0 Å². The summed E-state index contributed by atoms with van der Waals surface area (Å²) in [6, 6.07) is 0. The third kappa shape index (κ3) is 2.74. The summed E-state index contributed by atoms with van der Waals surface area (Å²) in [5.74, 6) is -0.210. The highest BCUT2D eigenvalue weighted by atomic mass is 35.5. The van der Waals surface area contributed by atoms with Crippen LogP contribution >= 0.6 is 11.6 Å². The highest BCUT2D eigenvalue weighted by molar-refractivity contribution is 7.89. The first-order chi connectivity index (χ1) is 8.34. The lowest BCUT2D eigenvalue weighted by Gasteiger charge is -2.19. The number of rotatable bonds is 5. The molecule has 0 radical (unpaired) electrons. The second kappa shape index (κ2) is 5.55. The lowest BCUT2D eigenvalue weighted by molar-refractivity contribution is 0.315. The van der Waals surface area contributed by atoms with Crippen molar-refractivity contribution in [1.29, 1.82) is 0 Å². The first-order valence-electron chi connectivity index (χ1n) is 4.98. The molecule has 0 fully saturated rings. The highest BCUT2D eigenvalue weighted by Crippen LogP contribution is 2.23. The fourth-order valence-corrected chi connectivity index (χ4v) is 3.42. The summed E-state index contributed by atoms with van der Waals surface area (Å²) in [6.45, 7) is 1.56. The van der Waals surface area contributed by atoms with Crippen LogP contribution in [0.4, 0.5) is 0 Å². The molecule has 18 heavy (non-hydrogen) atoms. The first-order valence-corrected chi connectivity index (χ1v) is 6.80. The predicted molar refractivity (Wildman–Crippen MR) is 66.1 cm³/mol. The minimum absolute atomic E-state index is 0.0236. The standard InChI is InChI=1S/C8H14ClN5O3S/c1-3-14(5-7(10)12-15)18(16,17)8-6(9)4-11-13(8)2/h4,15H,3,5H2,1-2H3,(H2,10,12). The van der Waals surface area contributed by atoms with E-state index in [1.165, 1.54) is 13.2 Å². The van der Waals surface area contributed by atoms with Crippen molar-refractivity contribution in [2.75, 3.05) is 13.1 Å². The molecule has 102 valence electrons. The van der Waals surface area contributed by atoms with Gasteiger partial charge in [0.1, 0.15) is 0 Å². The maximum absolute atomic E-state index is 12.3. The van der Waals surface area contributed by atoms with Crippen molar-refractivity contribution in [3.05, 3.63) is 11.2 Å². The monoisotopic (exact) mass is 295 g/mol. The third-order valence-corrected chi connectivity index (χ3v) is 4.67. The number of oxime groups is 1. The van der Waals surface area contributed by atoms with Gasteiger partial charge in [-0.25, -0.2) is 8.42 Å². The lowest BCUT2D eigenvalue weighted by atomic mass is 10.6. The van der Waals surface area contributed by atoms with Crippen LogP contribution in [-0.2, 0) is 17.1 Å². The van der Waals surface area contributed by atoms with Crippen LogP contribution in [0.15, 0.2) is 16.4 Å². The Labute approximate surface area is 110 Å². The maximum atomic E-state index is 12.3. The molecule has 0 bridgehead atoms. The maximum Gasteiger partial charge on any atom is 0.262 e. The number of nitrogens with two attached hydrogens (primary N) is 1. The van der Waals surface area contributed by atoms with Crippen LogP contribution in [0.3, 0.4) is 0 Å². The molecule has 0 aliphatic rings. The summed E-state index contributed by atoms with van der Waals surface area (Å²) >= 11 is 5.80. The first kappa shape index (κ1) is 14.7. The molecule has 1 aromatic rings. The van der Waals surface area contributed by atoms with Gasteiger partial charge in [0, 0.05) is 13.6 Å². The second-order valence-electron chi connectivity index (χ2n) is 3.44. The molecule has 1 rings (SSSR count). The summed E-state index contributed by atoms with van der Waals surface area (Å²) in [5.41, 5.74) is 5.31. The van der Waals surface area contributed by atoms with Crippen molar-refractivity contribution in [2.45, 2.75) is 11.9 Å². The minimum Gasteiger partial charge on any atom is -0.409 e. The zero-order valence-corrected chi connectivity index (χ0v) is 11.5. The molecule has 1 aromatic heterocycles. The average molecular weight is 296 g/mol. The molecule has 0 aliphatic carbocycles. The van der Waals surface area contributed by atoms with Crippen LogP contribution in [0.25, 0.3) is 0 Å². The van der Waals surface area contributed by atoms with Crippen molar-refractivity contribution in [1.82, 2.24) is 14.1 Å². The Kier molecular flexibility index (Phi) is 4.54.